The molecule has 1 aromatic rings. The number of likely N-dealkylation sites (tertiary alicyclic amines) is 1. The quantitative estimate of drug-likeness (QED) is 0.657. The van der Waals surface area contributed by atoms with Gasteiger partial charge in [0, 0.05) is 25.0 Å². The third-order valence-electron chi connectivity index (χ3n) is 7.62. The smallest absolute Gasteiger partial charge is 0.223 e. The molecule has 1 amide bonds. The van der Waals surface area contributed by atoms with Gasteiger partial charge in [0.05, 0.1) is 7.11 Å². The molecule has 2 saturated carbocycles. The Morgan fingerprint density at radius 3 is 2.26 bits per heavy atom. The number of carbonyl (C=O) groups excluding carboxylic acids is 1. The van der Waals surface area contributed by atoms with Crippen LogP contribution >= 0.6 is 24.8 Å². The molecule has 3 aliphatic rings. The summed E-state index contributed by atoms with van der Waals surface area (Å²) in [5, 5.41) is 3.29. The summed E-state index contributed by atoms with van der Waals surface area (Å²) < 4.78 is 5.24. The minimum atomic E-state index is 0. The average Bonchev–Trinajstić information content (AvgIpc) is 2.73. The molecule has 2 unspecified atom stereocenters. The van der Waals surface area contributed by atoms with Gasteiger partial charge in [0.25, 0.3) is 0 Å². The van der Waals surface area contributed by atoms with Crippen molar-refractivity contribution in [2.45, 2.75) is 57.5 Å². The first-order valence-electron chi connectivity index (χ1n) is 11.5. The molecule has 3 N–H and O–H groups in total. The van der Waals surface area contributed by atoms with Crippen LogP contribution in [0.5, 0.6) is 5.75 Å². The Morgan fingerprint density at radius 1 is 1.06 bits per heavy atom. The first-order chi connectivity index (χ1) is 14.1. The average molecular weight is 473 g/mol. The number of carbonyl (C=O) groups is 1. The molecule has 0 radical (unpaired) electrons. The molecule has 1 heterocycles. The molecule has 2 atom stereocenters. The molecule has 7 heteroatoms. The van der Waals surface area contributed by atoms with Crippen molar-refractivity contribution in [2.75, 3.05) is 26.7 Å². The zero-order valence-electron chi connectivity index (χ0n) is 18.6. The molecule has 1 aromatic carbocycles. The summed E-state index contributed by atoms with van der Waals surface area (Å²) in [5.74, 6) is 3.14. The first kappa shape index (κ1) is 26.2. The Balaban J connectivity index is 0.00000171. The van der Waals surface area contributed by atoms with Crippen molar-refractivity contribution < 1.29 is 9.53 Å². The predicted octanol–water partition coefficient (Wildman–Crippen LogP) is 4.02. The number of piperidine rings is 1. The summed E-state index contributed by atoms with van der Waals surface area (Å²) in [4.78, 5) is 15.3. The molecule has 176 valence electrons. The minimum Gasteiger partial charge on any atom is -0.497 e. The Morgan fingerprint density at radius 2 is 1.68 bits per heavy atom. The van der Waals surface area contributed by atoms with E-state index in [2.05, 4.69) is 22.3 Å². The van der Waals surface area contributed by atoms with E-state index in [-0.39, 0.29) is 36.6 Å². The van der Waals surface area contributed by atoms with Gasteiger partial charge >= 0.3 is 0 Å². The number of benzene rings is 1. The molecule has 4 rings (SSSR count). The lowest BCUT2D eigenvalue weighted by atomic mass is 9.65. The Bertz CT molecular complexity index is 666. The summed E-state index contributed by atoms with van der Waals surface area (Å²) in [7, 11) is 1.70. The van der Waals surface area contributed by atoms with Crippen molar-refractivity contribution in [3.63, 3.8) is 0 Å². The van der Waals surface area contributed by atoms with Crippen LogP contribution in [0, 0.1) is 23.7 Å². The molecular formula is C24H39Cl2N3O2. The molecule has 3 fully saturated rings. The van der Waals surface area contributed by atoms with E-state index in [0.717, 1.165) is 57.6 Å². The molecule has 0 aromatic heterocycles. The van der Waals surface area contributed by atoms with Gasteiger partial charge in [-0.05, 0) is 87.1 Å². The molecule has 2 aliphatic carbocycles. The lowest BCUT2D eigenvalue weighted by Gasteiger charge is -2.43. The number of amides is 1. The van der Waals surface area contributed by atoms with Gasteiger partial charge in [-0.25, -0.2) is 0 Å². The fraction of sp³-hybridized carbons (Fsp3) is 0.708. The summed E-state index contributed by atoms with van der Waals surface area (Å²) in [6, 6.07) is 8.70. The van der Waals surface area contributed by atoms with Gasteiger partial charge in [0.2, 0.25) is 5.91 Å². The highest BCUT2D eigenvalue weighted by Crippen LogP contribution is 2.41. The molecule has 1 aliphatic heterocycles. The van der Waals surface area contributed by atoms with Crippen molar-refractivity contribution in [2.24, 2.45) is 29.4 Å². The van der Waals surface area contributed by atoms with Crippen molar-refractivity contribution >= 4 is 30.7 Å². The number of ether oxygens (including phenoxy) is 1. The van der Waals surface area contributed by atoms with Crippen LogP contribution in [0.2, 0.25) is 0 Å². The van der Waals surface area contributed by atoms with Crippen molar-refractivity contribution in [1.29, 1.82) is 0 Å². The van der Waals surface area contributed by atoms with Gasteiger partial charge in [-0.2, -0.15) is 0 Å². The second-order valence-electron chi connectivity index (χ2n) is 9.51. The van der Waals surface area contributed by atoms with E-state index in [1.807, 2.05) is 12.1 Å². The van der Waals surface area contributed by atoms with E-state index in [1.54, 1.807) is 7.11 Å². The summed E-state index contributed by atoms with van der Waals surface area (Å²) >= 11 is 0. The number of nitrogens with two attached hydrogens (primary N) is 1. The number of nitrogens with zero attached hydrogens (tertiary/aromatic N) is 1. The second kappa shape index (κ2) is 12.3. The van der Waals surface area contributed by atoms with E-state index >= 15 is 0 Å². The third-order valence-corrected chi connectivity index (χ3v) is 7.62. The zero-order chi connectivity index (χ0) is 20.2. The molecule has 5 nitrogen and oxygen atoms in total. The lowest BCUT2D eigenvalue weighted by molar-refractivity contribution is -0.128. The van der Waals surface area contributed by atoms with Crippen molar-refractivity contribution in [3.05, 3.63) is 29.8 Å². The van der Waals surface area contributed by atoms with E-state index in [0.29, 0.717) is 23.8 Å². The van der Waals surface area contributed by atoms with E-state index in [4.69, 9.17) is 10.5 Å². The highest BCUT2D eigenvalue weighted by molar-refractivity contribution is 5.85. The Kier molecular flexibility index (Phi) is 10.4. The van der Waals surface area contributed by atoms with Crippen LogP contribution in [0.3, 0.4) is 0 Å². The standard InChI is InChI=1S/C24H37N3O2.2ClH/c1-29-22-7-5-18(6-8-22)16-27-11-9-17(10-12-27)15-26-24(28)21-13-19-3-2-4-20(14-21)23(19)25;;/h5-8,17,19-21,23H,2-4,9-16,25H2,1H3,(H,26,28);2*1H. The van der Waals surface area contributed by atoms with Gasteiger partial charge in [-0.15, -0.1) is 24.8 Å². The maximum atomic E-state index is 12.8. The molecule has 31 heavy (non-hydrogen) atoms. The summed E-state index contributed by atoms with van der Waals surface area (Å²) in [6.07, 6.45) is 8.07. The molecular weight excluding hydrogens is 433 g/mol. The van der Waals surface area contributed by atoms with Gasteiger partial charge < -0.3 is 15.8 Å². The largest absolute Gasteiger partial charge is 0.497 e. The fourth-order valence-corrected chi connectivity index (χ4v) is 5.73. The van der Waals surface area contributed by atoms with Crippen LogP contribution in [0.1, 0.15) is 50.5 Å². The second-order valence-corrected chi connectivity index (χ2v) is 9.51. The highest BCUT2D eigenvalue weighted by atomic mass is 35.5. The Hall–Kier alpha value is -1.01. The van der Waals surface area contributed by atoms with Crippen LogP contribution < -0.4 is 15.8 Å². The van der Waals surface area contributed by atoms with Gasteiger partial charge in [0.15, 0.2) is 0 Å². The van der Waals surface area contributed by atoms with Crippen LogP contribution in [-0.4, -0.2) is 43.6 Å². The van der Waals surface area contributed by atoms with Gasteiger partial charge in [-0.1, -0.05) is 18.6 Å². The number of hydrogen-bond acceptors (Lipinski definition) is 4. The number of fused-ring (bicyclic) bond motifs is 2. The van der Waals surface area contributed by atoms with Gasteiger partial charge in [0.1, 0.15) is 5.75 Å². The number of nitrogens with one attached hydrogen (secondary N) is 1. The predicted molar refractivity (Wildman–Crippen MR) is 130 cm³/mol. The fourth-order valence-electron chi connectivity index (χ4n) is 5.73. The highest BCUT2D eigenvalue weighted by Gasteiger charge is 2.40. The van der Waals surface area contributed by atoms with E-state index < -0.39 is 0 Å². The lowest BCUT2D eigenvalue weighted by Crippen LogP contribution is -2.49. The van der Waals surface area contributed by atoms with Crippen molar-refractivity contribution in [3.8, 4) is 5.75 Å². The number of methoxy groups -OCH3 is 1. The maximum Gasteiger partial charge on any atom is 0.223 e. The van der Waals surface area contributed by atoms with E-state index in [9.17, 15) is 4.79 Å². The number of rotatable bonds is 6. The van der Waals surface area contributed by atoms with Crippen LogP contribution in [0.15, 0.2) is 24.3 Å². The summed E-state index contributed by atoms with van der Waals surface area (Å²) in [6.45, 7) is 4.05. The molecule has 2 bridgehead atoms. The maximum absolute atomic E-state index is 12.8. The molecule has 1 saturated heterocycles. The third kappa shape index (κ3) is 6.74. The van der Waals surface area contributed by atoms with Crippen LogP contribution in [0.4, 0.5) is 0 Å². The minimum absolute atomic E-state index is 0. The van der Waals surface area contributed by atoms with Crippen LogP contribution in [0.25, 0.3) is 0 Å². The van der Waals surface area contributed by atoms with Crippen LogP contribution in [-0.2, 0) is 11.3 Å². The molecule has 0 spiro atoms. The number of hydrogen-bond donors (Lipinski definition) is 2. The topological polar surface area (TPSA) is 67.6 Å². The summed E-state index contributed by atoms with van der Waals surface area (Å²) in [5.41, 5.74) is 7.71. The monoisotopic (exact) mass is 471 g/mol. The first-order valence-corrected chi connectivity index (χ1v) is 11.5. The van der Waals surface area contributed by atoms with E-state index in [1.165, 1.54) is 24.8 Å². The zero-order valence-corrected chi connectivity index (χ0v) is 20.3. The number of halogens is 2. The normalized spacial score (nSPS) is 28.7. The van der Waals surface area contributed by atoms with Gasteiger partial charge in [-0.3, -0.25) is 9.69 Å². The van der Waals surface area contributed by atoms with Crippen molar-refractivity contribution in [1.82, 2.24) is 10.2 Å². The SMILES string of the molecule is COc1ccc(CN2CCC(CNC(=O)C3CC4CCCC(C3)C4N)CC2)cc1.Cl.Cl. The Labute approximate surface area is 199 Å².